The number of benzene rings is 2. The fourth-order valence-electron chi connectivity index (χ4n) is 3.59. The summed E-state index contributed by atoms with van der Waals surface area (Å²) in [5.74, 6) is 1.86. The first-order chi connectivity index (χ1) is 14.1. The number of ether oxygens (including phenoxy) is 3. The fourth-order valence-corrected chi connectivity index (χ4v) is 3.59. The Morgan fingerprint density at radius 2 is 1.90 bits per heavy atom. The van der Waals surface area contributed by atoms with Gasteiger partial charge in [0.05, 0.1) is 38.1 Å². The van der Waals surface area contributed by atoms with Crippen LogP contribution in [-0.4, -0.2) is 43.9 Å². The van der Waals surface area contributed by atoms with Crippen LogP contribution in [0.2, 0.25) is 0 Å². The van der Waals surface area contributed by atoms with E-state index in [0.717, 1.165) is 23.3 Å². The Morgan fingerprint density at radius 1 is 1.10 bits per heavy atom. The third-order valence-electron chi connectivity index (χ3n) is 5.14. The number of nitrogens with zero attached hydrogens (tertiary/aromatic N) is 2. The molecule has 29 heavy (non-hydrogen) atoms. The molecular formula is C23H24N2O4. The van der Waals surface area contributed by atoms with Gasteiger partial charge in [-0.15, -0.1) is 0 Å². The van der Waals surface area contributed by atoms with Crippen LogP contribution >= 0.6 is 0 Å². The van der Waals surface area contributed by atoms with Gasteiger partial charge < -0.3 is 19.1 Å². The molecule has 2 aromatic carbocycles. The maximum atomic E-state index is 13.3. The Balaban J connectivity index is 1.66. The largest absolute Gasteiger partial charge is 0.497 e. The molecule has 0 spiro atoms. The van der Waals surface area contributed by atoms with E-state index in [1.54, 1.807) is 31.3 Å². The quantitative estimate of drug-likeness (QED) is 0.728. The van der Waals surface area contributed by atoms with Crippen molar-refractivity contribution < 1.29 is 19.0 Å². The van der Waals surface area contributed by atoms with E-state index in [9.17, 15) is 4.79 Å². The molecule has 0 fully saturated rings. The predicted molar refractivity (Wildman–Crippen MR) is 112 cm³/mol. The van der Waals surface area contributed by atoms with Crippen LogP contribution in [0, 0.1) is 0 Å². The Hall–Kier alpha value is -3.28. The van der Waals surface area contributed by atoms with Gasteiger partial charge in [-0.25, -0.2) is 0 Å². The van der Waals surface area contributed by atoms with Crippen molar-refractivity contribution in [1.82, 2.24) is 4.90 Å². The minimum absolute atomic E-state index is 0.0913. The lowest BCUT2D eigenvalue weighted by Crippen LogP contribution is -2.32. The van der Waals surface area contributed by atoms with Gasteiger partial charge in [0.1, 0.15) is 5.75 Å². The molecule has 0 radical (unpaired) electrons. The molecule has 2 aliphatic rings. The Morgan fingerprint density at radius 3 is 2.59 bits per heavy atom. The lowest BCUT2D eigenvalue weighted by Gasteiger charge is -2.19. The van der Waals surface area contributed by atoms with E-state index in [2.05, 4.69) is 4.99 Å². The van der Waals surface area contributed by atoms with E-state index in [0.29, 0.717) is 35.8 Å². The van der Waals surface area contributed by atoms with Crippen molar-refractivity contribution in [3.05, 3.63) is 53.7 Å². The van der Waals surface area contributed by atoms with Gasteiger partial charge in [0, 0.05) is 24.9 Å². The summed E-state index contributed by atoms with van der Waals surface area (Å²) in [6.07, 6.45) is 5.36. The zero-order valence-electron chi connectivity index (χ0n) is 16.8. The van der Waals surface area contributed by atoms with Crippen LogP contribution in [0.3, 0.4) is 0 Å². The van der Waals surface area contributed by atoms with Gasteiger partial charge in [-0.3, -0.25) is 9.79 Å². The number of carbonyl (C=O) groups is 1. The highest BCUT2D eigenvalue weighted by Gasteiger charge is 2.33. The van der Waals surface area contributed by atoms with E-state index in [4.69, 9.17) is 14.2 Å². The molecule has 0 saturated heterocycles. The molecule has 2 aliphatic heterocycles. The highest BCUT2D eigenvalue weighted by Crippen LogP contribution is 2.39. The van der Waals surface area contributed by atoms with Crippen LogP contribution in [-0.2, 0) is 0 Å². The zero-order valence-corrected chi connectivity index (χ0v) is 16.8. The van der Waals surface area contributed by atoms with E-state index >= 15 is 0 Å². The van der Waals surface area contributed by atoms with E-state index in [-0.39, 0.29) is 11.9 Å². The second kappa shape index (κ2) is 7.99. The number of aliphatic imine (C=N–C) groups is 1. The molecule has 0 N–H and O–H groups in total. The van der Waals surface area contributed by atoms with Crippen molar-refractivity contribution in [2.24, 2.45) is 4.99 Å². The smallest absolute Gasteiger partial charge is 0.260 e. The first-order valence-electron chi connectivity index (χ1n) is 9.71. The van der Waals surface area contributed by atoms with Gasteiger partial charge in [0.25, 0.3) is 5.91 Å². The average Bonchev–Trinajstić information content (AvgIpc) is 3.15. The number of hydrogen-bond acceptors (Lipinski definition) is 5. The standard InChI is InChI=1S/C23H24N2O4/c1-4-9-29-22-12-20-19(11-21(22)28-3)23(26)25-14-16(10-17(25)13-24-20)15-5-7-18(27-2)8-6-15/h5-8,11-14,17H,4,9-10H2,1-3H3/t17-/m0/s1. The summed E-state index contributed by atoms with van der Waals surface area (Å²) in [5, 5.41) is 0. The van der Waals surface area contributed by atoms with Crippen molar-refractivity contribution in [2.45, 2.75) is 25.8 Å². The monoisotopic (exact) mass is 392 g/mol. The van der Waals surface area contributed by atoms with Gasteiger partial charge in [0.15, 0.2) is 11.5 Å². The molecule has 0 bridgehead atoms. The summed E-state index contributed by atoms with van der Waals surface area (Å²) in [4.78, 5) is 19.6. The second-order valence-electron chi connectivity index (χ2n) is 7.01. The van der Waals surface area contributed by atoms with E-state index in [1.165, 1.54) is 0 Å². The predicted octanol–water partition coefficient (Wildman–Crippen LogP) is 4.46. The minimum Gasteiger partial charge on any atom is -0.497 e. The van der Waals surface area contributed by atoms with Crippen LogP contribution in [0.1, 0.15) is 35.7 Å². The molecule has 6 heteroatoms. The Kier molecular flexibility index (Phi) is 5.25. The molecule has 2 aromatic rings. The van der Waals surface area contributed by atoms with Gasteiger partial charge in [-0.05, 0) is 35.8 Å². The highest BCUT2D eigenvalue weighted by atomic mass is 16.5. The molecule has 1 amide bonds. The summed E-state index contributed by atoms with van der Waals surface area (Å²) in [6, 6.07) is 11.3. The molecule has 0 unspecified atom stereocenters. The van der Waals surface area contributed by atoms with Crippen molar-refractivity contribution in [2.75, 3.05) is 20.8 Å². The highest BCUT2D eigenvalue weighted by molar-refractivity contribution is 6.05. The zero-order chi connectivity index (χ0) is 20.4. The molecule has 1 atom stereocenters. The molecule has 2 heterocycles. The van der Waals surface area contributed by atoms with Gasteiger partial charge >= 0.3 is 0 Å². The molecule has 6 nitrogen and oxygen atoms in total. The first-order valence-corrected chi connectivity index (χ1v) is 9.71. The maximum absolute atomic E-state index is 13.3. The summed E-state index contributed by atoms with van der Waals surface area (Å²) in [6.45, 7) is 2.62. The number of fused-ring (bicyclic) bond motifs is 2. The molecule has 0 aromatic heterocycles. The summed E-state index contributed by atoms with van der Waals surface area (Å²) >= 11 is 0. The lowest BCUT2D eigenvalue weighted by molar-refractivity contribution is 0.0817. The number of amides is 1. The van der Waals surface area contributed by atoms with Gasteiger partial charge in [-0.2, -0.15) is 0 Å². The minimum atomic E-state index is -0.113. The van der Waals surface area contributed by atoms with Gasteiger partial charge in [0.2, 0.25) is 0 Å². The van der Waals surface area contributed by atoms with Crippen LogP contribution in [0.25, 0.3) is 5.57 Å². The van der Waals surface area contributed by atoms with Gasteiger partial charge in [-0.1, -0.05) is 19.1 Å². The topological polar surface area (TPSA) is 60.4 Å². The third-order valence-corrected chi connectivity index (χ3v) is 5.14. The summed E-state index contributed by atoms with van der Waals surface area (Å²) in [7, 11) is 3.22. The van der Waals surface area contributed by atoms with Crippen molar-refractivity contribution >= 4 is 23.4 Å². The Bertz CT molecular complexity index is 979. The van der Waals surface area contributed by atoms with Crippen molar-refractivity contribution in [3.8, 4) is 17.2 Å². The SMILES string of the molecule is CCCOc1cc2c(cc1OC)C(=O)N1C=C(c3ccc(OC)cc3)C[C@H]1C=N2. The third kappa shape index (κ3) is 3.58. The lowest BCUT2D eigenvalue weighted by atomic mass is 10.0. The van der Waals surface area contributed by atoms with Crippen LogP contribution in [0.5, 0.6) is 17.2 Å². The van der Waals surface area contributed by atoms with Crippen LogP contribution in [0.4, 0.5) is 5.69 Å². The molecule has 0 aliphatic carbocycles. The van der Waals surface area contributed by atoms with Crippen LogP contribution < -0.4 is 14.2 Å². The number of rotatable bonds is 6. The summed E-state index contributed by atoms with van der Waals surface area (Å²) < 4.78 is 16.4. The molecule has 150 valence electrons. The van der Waals surface area contributed by atoms with Crippen LogP contribution in [0.15, 0.2) is 47.6 Å². The maximum Gasteiger partial charge on any atom is 0.260 e. The van der Waals surface area contributed by atoms with E-state index < -0.39 is 0 Å². The Labute approximate surface area is 170 Å². The second-order valence-corrected chi connectivity index (χ2v) is 7.01. The number of hydrogen-bond donors (Lipinski definition) is 0. The molecule has 0 saturated carbocycles. The fraction of sp³-hybridized carbons (Fsp3) is 0.304. The molecular weight excluding hydrogens is 368 g/mol. The average molecular weight is 392 g/mol. The summed E-state index contributed by atoms with van der Waals surface area (Å²) in [5.41, 5.74) is 3.28. The number of carbonyl (C=O) groups excluding carboxylic acids is 1. The first kappa shape index (κ1) is 19.1. The number of methoxy groups -OCH3 is 2. The molecule has 4 rings (SSSR count). The van der Waals surface area contributed by atoms with Crippen molar-refractivity contribution in [1.29, 1.82) is 0 Å². The van der Waals surface area contributed by atoms with Crippen molar-refractivity contribution in [3.63, 3.8) is 0 Å². The normalized spacial score (nSPS) is 17.3. The van der Waals surface area contributed by atoms with E-state index in [1.807, 2.05) is 43.6 Å².